The molecular formula is C19H22O5. The fraction of sp³-hybridized carbons (Fsp3) is 0.316. The van der Waals surface area contributed by atoms with Crippen LogP contribution in [0.15, 0.2) is 42.5 Å². The Morgan fingerprint density at radius 2 is 1.79 bits per heavy atom. The number of benzene rings is 2. The molecule has 24 heavy (non-hydrogen) atoms. The van der Waals surface area contributed by atoms with E-state index in [1.165, 1.54) is 0 Å². The van der Waals surface area contributed by atoms with Gasteiger partial charge in [0.2, 0.25) is 0 Å². The summed E-state index contributed by atoms with van der Waals surface area (Å²) < 4.78 is 22.0. The number of ether oxygens (including phenoxy) is 4. The van der Waals surface area contributed by atoms with Crippen LogP contribution in [0.2, 0.25) is 0 Å². The molecule has 0 unspecified atom stereocenters. The monoisotopic (exact) mass is 330 g/mol. The molecule has 0 aromatic heterocycles. The summed E-state index contributed by atoms with van der Waals surface area (Å²) in [5, 5.41) is 1.82. The van der Waals surface area contributed by atoms with Gasteiger partial charge in [0.1, 0.15) is 19.0 Å². The lowest BCUT2D eigenvalue weighted by atomic mass is 10.1. The molecule has 2 rings (SSSR count). The van der Waals surface area contributed by atoms with Gasteiger partial charge in [-0.25, -0.2) is 4.79 Å². The lowest BCUT2D eigenvalue weighted by molar-refractivity contribution is -0.139. The Hall–Kier alpha value is -2.69. The van der Waals surface area contributed by atoms with E-state index in [2.05, 4.69) is 6.58 Å². The Bertz CT molecular complexity index is 736. The van der Waals surface area contributed by atoms with E-state index in [9.17, 15) is 4.79 Å². The molecule has 0 aliphatic heterocycles. The van der Waals surface area contributed by atoms with Gasteiger partial charge in [-0.05, 0) is 13.8 Å². The minimum atomic E-state index is -0.429. The van der Waals surface area contributed by atoms with Gasteiger partial charge in [0.25, 0.3) is 0 Å². The summed E-state index contributed by atoms with van der Waals surface area (Å²) in [7, 11) is 1.58. The van der Waals surface area contributed by atoms with Gasteiger partial charge in [-0.1, -0.05) is 30.8 Å². The Labute approximate surface area is 141 Å². The molecular weight excluding hydrogens is 308 g/mol. The molecule has 0 atom stereocenters. The van der Waals surface area contributed by atoms with Crippen LogP contribution in [-0.2, 0) is 9.53 Å². The topological polar surface area (TPSA) is 54.0 Å². The van der Waals surface area contributed by atoms with E-state index in [4.69, 9.17) is 18.9 Å². The molecule has 0 aliphatic rings. The standard InChI is InChI=1S/C19H22O5/c1-5-22-16-12-17(21-4)18(15-9-7-6-8-14(15)16)23-10-11-24-19(20)13(2)3/h6-9,12H,2,5,10-11H2,1,3-4H3. The van der Waals surface area contributed by atoms with E-state index in [1.54, 1.807) is 20.1 Å². The third-order valence-electron chi connectivity index (χ3n) is 3.35. The SMILES string of the molecule is C=C(C)C(=O)OCCOc1c(OC)cc(OCC)c2ccccc12. The van der Waals surface area contributed by atoms with Gasteiger partial charge in [-0.15, -0.1) is 0 Å². The molecule has 5 heteroatoms. The predicted molar refractivity (Wildman–Crippen MR) is 92.9 cm³/mol. The Kier molecular flexibility index (Phi) is 6.07. The van der Waals surface area contributed by atoms with E-state index in [0.717, 1.165) is 16.5 Å². The highest BCUT2D eigenvalue weighted by Crippen LogP contribution is 2.41. The van der Waals surface area contributed by atoms with Crippen molar-refractivity contribution in [3.63, 3.8) is 0 Å². The van der Waals surface area contributed by atoms with Crippen LogP contribution in [0.3, 0.4) is 0 Å². The van der Waals surface area contributed by atoms with Crippen LogP contribution in [0.4, 0.5) is 0 Å². The first-order valence-electron chi connectivity index (χ1n) is 7.76. The lowest BCUT2D eigenvalue weighted by Gasteiger charge is -2.16. The molecule has 0 amide bonds. The summed E-state index contributed by atoms with van der Waals surface area (Å²) in [5.74, 6) is 1.49. The van der Waals surface area contributed by atoms with Crippen molar-refractivity contribution in [2.24, 2.45) is 0 Å². The quantitative estimate of drug-likeness (QED) is 0.419. The van der Waals surface area contributed by atoms with Crippen molar-refractivity contribution in [3.05, 3.63) is 42.5 Å². The van der Waals surface area contributed by atoms with Crippen molar-refractivity contribution in [2.45, 2.75) is 13.8 Å². The number of carbonyl (C=O) groups is 1. The van der Waals surface area contributed by atoms with Crippen molar-refractivity contribution in [1.29, 1.82) is 0 Å². The number of hydrogen-bond donors (Lipinski definition) is 0. The number of rotatable bonds is 8. The maximum atomic E-state index is 11.4. The lowest BCUT2D eigenvalue weighted by Crippen LogP contribution is -2.13. The highest BCUT2D eigenvalue weighted by Gasteiger charge is 2.15. The van der Waals surface area contributed by atoms with Crippen LogP contribution in [0.1, 0.15) is 13.8 Å². The first kappa shape index (κ1) is 17.7. The van der Waals surface area contributed by atoms with Gasteiger partial charge in [-0.2, -0.15) is 0 Å². The molecule has 0 bridgehead atoms. The minimum Gasteiger partial charge on any atom is -0.493 e. The van der Waals surface area contributed by atoms with Crippen molar-refractivity contribution in [3.8, 4) is 17.2 Å². The number of fused-ring (bicyclic) bond motifs is 1. The van der Waals surface area contributed by atoms with Gasteiger partial charge in [0, 0.05) is 22.4 Å². The summed E-state index contributed by atoms with van der Waals surface area (Å²) in [5.41, 5.74) is 0.360. The van der Waals surface area contributed by atoms with Crippen LogP contribution < -0.4 is 14.2 Å². The molecule has 5 nitrogen and oxygen atoms in total. The Balaban J connectivity index is 2.24. The first-order valence-corrected chi connectivity index (χ1v) is 7.76. The second-order valence-electron chi connectivity index (χ2n) is 5.15. The van der Waals surface area contributed by atoms with Crippen LogP contribution in [0, 0.1) is 0 Å². The largest absolute Gasteiger partial charge is 0.493 e. The second-order valence-corrected chi connectivity index (χ2v) is 5.15. The average Bonchev–Trinajstić information content (AvgIpc) is 2.59. The fourth-order valence-corrected chi connectivity index (χ4v) is 2.27. The van der Waals surface area contributed by atoms with Gasteiger partial charge >= 0.3 is 5.97 Å². The van der Waals surface area contributed by atoms with Crippen molar-refractivity contribution < 1.29 is 23.7 Å². The summed E-state index contributed by atoms with van der Waals surface area (Å²) in [4.78, 5) is 11.4. The van der Waals surface area contributed by atoms with Gasteiger partial charge in [0.05, 0.1) is 13.7 Å². The van der Waals surface area contributed by atoms with Crippen molar-refractivity contribution in [1.82, 2.24) is 0 Å². The van der Waals surface area contributed by atoms with Gasteiger partial charge in [0.15, 0.2) is 11.5 Å². The summed E-state index contributed by atoms with van der Waals surface area (Å²) >= 11 is 0. The molecule has 2 aromatic rings. The average molecular weight is 330 g/mol. The maximum Gasteiger partial charge on any atom is 0.333 e. The summed E-state index contributed by atoms with van der Waals surface area (Å²) in [6.45, 7) is 7.98. The molecule has 0 N–H and O–H groups in total. The number of esters is 1. The second kappa shape index (κ2) is 8.24. The molecule has 0 spiro atoms. The fourth-order valence-electron chi connectivity index (χ4n) is 2.27. The highest BCUT2D eigenvalue weighted by molar-refractivity contribution is 5.95. The van der Waals surface area contributed by atoms with Gasteiger partial charge in [-0.3, -0.25) is 0 Å². The third kappa shape index (κ3) is 3.98. The van der Waals surface area contributed by atoms with E-state index in [1.807, 2.05) is 31.2 Å². The zero-order chi connectivity index (χ0) is 17.5. The van der Waals surface area contributed by atoms with Gasteiger partial charge < -0.3 is 18.9 Å². The molecule has 0 radical (unpaired) electrons. The van der Waals surface area contributed by atoms with Crippen LogP contribution in [0.5, 0.6) is 17.2 Å². The molecule has 0 heterocycles. The zero-order valence-electron chi connectivity index (χ0n) is 14.3. The van der Waals surface area contributed by atoms with E-state index >= 15 is 0 Å². The van der Waals surface area contributed by atoms with Crippen molar-refractivity contribution >= 4 is 16.7 Å². The molecule has 0 fully saturated rings. The summed E-state index contributed by atoms with van der Waals surface area (Å²) in [6, 6.07) is 9.58. The number of methoxy groups -OCH3 is 1. The predicted octanol–water partition coefficient (Wildman–Crippen LogP) is 3.75. The number of carbonyl (C=O) groups excluding carboxylic acids is 1. The van der Waals surface area contributed by atoms with E-state index in [0.29, 0.717) is 23.7 Å². The molecule has 0 saturated heterocycles. The summed E-state index contributed by atoms with van der Waals surface area (Å²) in [6.07, 6.45) is 0. The minimum absolute atomic E-state index is 0.135. The van der Waals surface area contributed by atoms with Crippen LogP contribution in [-0.4, -0.2) is 32.9 Å². The van der Waals surface area contributed by atoms with E-state index in [-0.39, 0.29) is 13.2 Å². The molecule has 0 saturated carbocycles. The smallest absolute Gasteiger partial charge is 0.333 e. The van der Waals surface area contributed by atoms with Crippen LogP contribution >= 0.6 is 0 Å². The maximum absolute atomic E-state index is 11.4. The molecule has 0 aliphatic carbocycles. The Morgan fingerprint density at radius 1 is 1.08 bits per heavy atom. The van der Waals surface area contributed by atoms with Crippen LogP contribution in [0.25, 0.3) is 10.8 Å². The van der Waals surface area contributed by atoms with E-state index < -0.39 is 5.97 Å². The zero-order valence-corrected chi connectivity index (χ0v) is 14.3. The molecule has 2 aromatic carbocycles. The third-order valence-corrected chi connectivity index (χ3v) is 3.35. The molecule has 128 valence electrons. The normalized spacial score (nSPS) is 10.3. The number of hydrogen-bond acceptors (Lipinski definition) is 5. The highest BCUT2D eigenvalue weighted by atomic mass is 16.6. The van der Waals surface area contributed by atoms with Crippen molar-refractivity contribution in [2.75, 3.05) is 26.9 Å². The Morgan fingerprint density at radius 3 is 2.42 bits per heavy atom. The first-order chi connectivity index (χ1) is 11.6.